The van der Waals surface area contributed by atoms with Gasteiger partial charge in [-0.1, -0.05) is 49.1 Å². The van der Waals surface area contributed by atoms with Gasteiger partial charge in [0.2, 0.25) is 0 Å². The summed E-state index contributed by atoms with van der Waals surface area (Å²) in [5.41, 5.74) is 2.39. The number of benzene rings is 2. The predicted molar refractivity (Wildman–Crippen MR) is 127 cm³/mol. The van der Waals surface area contributed by atoms with E-state index in [9.17, 15) is 9.59 Å². The van der Waals surface area contributed by atoms with Crippen molar-refractivity contribution in [2.45, 2.75) is 51.2 Å². The zero-order valence-electron chi connectivity index (χ0n) is 18.1. The predicted octanol–water partition coefficient (Wildman–Crippen LogP) is 5.27. The second-order valence-corrected chi connectivity index (χ2v) is 8.71. The Morgan fingerprint density at radius 3 is 2.50 bits per heavy atom. The molecule has 1 aliphatic heterocycles. The van der Waals surface area contributed by atoms with Crippen molar-refractivity contribution in [1.29, 1.82) is 0 Å². The third-order valence-electron chi connectivity index (χ3n) is 5.86. The van der Waals surface area contributed by atoms with Crippen LogP contribution in [0.15, 0.2) is 65.9 Å². The first kappa shape index (κ1) is 22.2. The van der Waals surface area contributed by atoms with Crippen molar-refractivity contribution in [3.63, 3.8) is 0 Å². The van der Waals surface area contributed by atoms with Crippen LogP contribution in [0.1, 0.15) is 54.9 Å². The maximum absolute atomic E-state index is 13.2. The fraction of sp³-hybridized carbons (Fsp3) is 0.308. The fourth-order valence-corrected chi connectivity index (χ4v) is 4.18. The van der Waals surface area contributed by atoms with Crippen molar-refractivity contribution in [2.24, 2.45) is 0 Å². The minimum Gasteiger partial charge on any atom is -0.485 e. The van der Waals surface area contributed by atoms with E-state index in [4.69, 9.17) is 16.3 Å². The number of carbonyl (C=O) groups is 2. The van der Waals surface area contributed by atoms with Crippen LogP contribution >= 0.6 is 11.6 Å². The number of ether oxygens (including phenoxy) is 1. The van der Waals surface area contributed by atoms with E-state index in [-0.39, 0.29) is 29.7 Å². The van der Waals surface area contributed by atoms with Crippen LogP contribution in [0.4, 0.5) is 0 Å². The zero-order chi connectivity index (χ0) is 22.5. The number of amides is 2. The van der Waals surface area contributed by atoms with Gasteiger partial charge in [0.1, 0.15) is 17.6 Å². The molecule has 166 valence electrons. The molecule has 1 atom stereocenters. The summed E-state index contributed by atoms with van der Waals surface area (Å²) < 4.78 is 6.01. The minimum atomic E-state index is -0.364. The maximum atomic E-state index is 13.2. The number of halogens is 1. The van der Waals surface area contributed by atoms with E-state index in [0.717, 1.165) is 42.6 Å². The fourth-order valence-electron chi connectivity index (χ4n) is 4.05. The lowest BCUT2D eigenvalue weighted by molar-refractivity contribution is -0.118. The Balaban J connectivity index is 1.61. The van der Waals surface area contributed by atoms with Gasteiger partial charge in [0, 0.05) is 22.2 Å². The molecule has 2 aromatic rings. The van der Waals surface area contributed by atoms with E-state index in [2.05, 4.69) is 10.6 Å². The van der Waals surface area contributed by atoms with Crippen molar-refractivity contribution in [2.75, 3.05) is 0 Å². The van der Waals surface area contributed by atoms with E-state index < -0.39 is 0 Å². The first-order valence-electron chi connectivity index (χ1n) is 11.1. The lowest BCUT2D eigenvalue weighted by Crippen LogP contribution is -2.41. The van der Waals surface area contributed by atoms with E-state index in [1.54, 1.807) is 30.3 Å². The highest BCUT2D eigenvalue weighted by Crippen LogP contribution is 2.30. The normalized spacial score (nSPS) is 18.8. The third kappa shape index (κ3) is 5.40. The van der Waals surface area contributed by atoms with Crippen molar-refractivity contribution >= 4 is 29.5 Å². The van der Waals surface area contributed by atoms with E-state index in [1.165, 1.54) is 6.42 Å². The number of carbonyl (C=O) groups excluding carboxylic acids is 2. The van der Waals surface area contributed by atoms with Gasteiger partial charge in [-0.05, 0) is 67.8 Å². The molecule has 0 radical (unpaired) electrons. The number of para-hydroxylation sites is 1. The Morgan fingerprint density at radius 1 is 1.03 bits per heavy atom. The van der Waals surface area contributed by atoms with E-state index >= 15 is 0 Å². The van der Waals surface area contributed by atoms with Gasteiger partial charge >= 0.3 is 0 Å². The van der Waals surface area contributed by atoms with Crippen LogP contribution in [0.2, 0.25) is 5.02 Å². The first-order valence-corrected chi connectivity index (χ1v) is 11.4. The molecular weight excluding hydrogens is 424 g/mol. The van der Waals surface area contributed by atoms with Gasteiger partial charge in [-0.15, -0.1) is 0 Å². The zero-order valence-corrected chi connectivity index (χ0v) is 18.8. The number of rotatable bonds is 5. The molecule has 1 saturated carbocycles. The molecule has 2 aromatic carbocycles. The molecule has 6 heteroatoms. The van der Waals surface area contributed by atoms with Crippen molar-refractivity contribution < 1.29 is 14.3 Å². The van der Waals surface area contributed by atoms with Crippen molar-refractivity contribution in [3.8, 4) is 5.75 Å². The molecule has 0 aromatic heterocycles. The molecule has 0 saturated heterocycles. The van der Waals surface area contributed by atoms with Crippen LogP contribution in [-0.4, -0.2) is 24.0 Å². The molecule has 2 N–H and O–H groups in total. The average Bonchev–Trinajstić information content (AvgIpc) is 2.80. The Labute approximate surface area is 193 Å². The van der Waals surface area contributed by atoms with Crippen molar-refractivity contribution in [1.82, 2.24) is 10.6 Å². The number of hydrogen-bond acceptors (Lipinski definition) is 3. The van der Waals surface area contributed by atoms with Gasteiger partial charge in [0.15, 0.2) is 0 Å². The summed E-state index contributed by atoms with van der Waals surface area (Å²) in [4.78, 5) is 26.0. The van der Waals surface area contributed by atoms with Crippen molar-refractivity contribution in [3.05, 3.63) is 82.0 Å². The molecule has 1 unspecified atom stereocenters. The third-order valence-corrected chi connectivity index (χ3v) is 6.12. The molecule has 0 spiro atoms. The first-order chi connectivity index (χ1) is 15.5. The number of fused-ring (bicyclic) bond motifs is 1. The summed E-state index contributed by atoms with van der Waals surface area (Å²) in [6.07, 6.45) is 8.78. The van der Waals surface area contributed by atoms with Crippen LogP contribution < -0.4 is 15.4 Å². The summed E-state index contributed by atoms with van der Waals surface area (Å²) in [7, 11) is 0. The molecule has 0 bridgehead atoms. The summed E-state index contributed by atoms with van der Waals surface area (Å²) in [5.74, 6) is 0.152. The van der Waals surface area contributed by atoms with Gasteiger partial charge in [-0.3, -0.25) is 9.59 Å². The smallest absolute Gasteiger partial charge is 0.268 e. The molecular formula is C26H27ClN2O3. The molecule has 32 heavy (non-hydrogen) atoms. The van der Waals surface area contributed by atoms with Gasteiger partial charge in [-0.2, -0.15) is 0 Å². The van der Waals surface area contributed by atoms with Gasteiger partial charge < -0.3 is 15.4 Å². The summed E-state index contributed by atoms with van der Waals surface area (Å²) in [6.45, 7) is 1.93. The average molecular weight is 451 g/mol. The molecule has 2 amide bonds. The van der Waals surface area contributed by atoms with Gasteiger partial charge in [-0.25, -0.2) is 0 Å². The summed E-state index contributed by atoms with van der Waals surface area (Å²) >= 11 is 5.94. The Hall–Kier alpha value is -3.05. The highest BCUT2D eigenvalue weighted by molar-refractivity contribution is 6.30. The minimum absolute atomic E-state index is 0.127. The van der Waals surface area contributed by atoms with Crippen LogP contribution in [0.5, 0.6) is 5.75 Å². The SMILES string of the molecule is CC1Oc2ccccc2C=C1/C=C(\NC(=O)c1ccc(Cl)cc1)C(=O)NC1CCCCC1. The molecule has 1 aliphatic carbocycles. The molecule has 4 rings (SSSR count). The van der Waals surface area contributed by atoms with E-state index in [0.29, 0.717) is 10.6 Å². The standard InChI is InChI=1S/C26H27ClN2O3/c1-17-20(15-19-7-5-6-10-24(19)32-17)16-23(26(31)28-22-8-3-2-4-9-22)29-25(30)18-11-13-21(27)14-12-18/h5-7,10-17,22H,2-4,8-9H2,1H3,(H,28,31)(H,29,30)/b23-16-. The van der Waals surface area contributed by atoms with Gasteiger partial charge in [0.25, 0.3) is 11.8 Å². The van der Waals surface area contributed by atoms with Crippen LogP contribution in [0, 0.1) is 0 Å². The Morgan fingerprint density at radius 2 is 1.75 bits per heavy atom. The topological polar surface area (TPSA) is 67.4 Å². The second kappa shape index (κ2) is 10.0. The van der Waals surface area contributed by atoms with Crippen LogP contribution in [-0.2, 0) is 4.79 Å². The maximum Gasteiger partial charge on any atom is 0.268 e. The molecule has 1 fully saturated rings. The highest BCUT2D eigenvalue weighted by Gasteiger charge is 2.23. The lowest BCUT2D eigenvalue weighted by Gasteiger charge is -2.25. The summed E-state index contributed by atoms with van der Waals surface area (Å²) in [5, 5.41) is 6.45. The quantitative estimate of drug-likeness (QED) is 0.610. The van der Waals surface area contributed by atoms with Crippen LogP contribution in [0.25, 0.3) is 6.08 Å². The highest BCUT2D eigenvalue weighted by atomic mass is 35.5. The Bertz CT molecular complexity index is 1050. The second-order valence-electron chi connectivity index (χ2n) is 8.27. The molecule has 5 nitrogen and oxygen atoms in total. The monoisotopic (exact) mass is 450 g/mol. The number of nitrogens with one attached hydrogen (secondary N) is 2. The lowest BCUT2D eigenvalue weighted by atomic mass is 9.95. The van der Waals surface area contributed by atoms with Crippen LogP contribution in [0.3, 0.4) is 0 Å². The Kier molecular flexibility index (Phi) is 6.96. The molecule has 1 heterocycles. The largest absolute Gasteiger partial charge is 0.485 e. The van der Waals surface area contributed by atoms with Gasteiger partial charge in [0.05, 0.1) is 0 Å². The number of hydrogen-bond donors (Lipinski definition) is 2. The van der Waals surface area contributed by atoms with E-state index in [1.807, 2.05) is 37.3 Å². The summed E-state index contributed by atoms with van der Waals surface area (Å²) in [6, 6.07) is 14.4. The molecule has 2 aliphatic rings.